The Balaban J connectivity index is 0.00000242. The first-order chi connectivity index (χ1) is 10.1. The van der Waals surface area contributed by atoms with Crippen LogP contribution in [0.25, 0.3) is 5.69 Å². The van der Waals surface area contributed by atoms with E-state index in [1.54, 1.807) is 7.05 Å². The van der Waals surface area contributed by atoms with Crippen LogP contribution >= 0.6 is 35.6 Å². The maximum Gasteiger partial charge on any atom is 0.191 e. The van der Waals surface area contributed by atoms with Crippen molar-refractivity contribution < 1.29 is 0 Å². The van der Waals surface area contributed by atoms with E-state index in [0.717, 1.165) is 22.2 Å². The summed E-state index contributed by atoms with van der Waals surface area (Å²) in [5, 5.41) is 11.6. The number of rotatable bonds is 4. The molecule has 1 heterocycles. The fraction of sp³-hybridized carbons (Fsp3) is 0.333. The molecule has 0 aliphatic heterocycles. The summed E-state index contributed by atoms with van der Waals surface area (Å²) in [6.07, 6.45) is 3.82. The summed E-state index contributed by atoms with van der Waals surface area (Å²) < 4.78 is 1.83. The Morgan fingerprint density at radius 1 is 1.32 bits per heavy atom. The van der Waals surface area contributed by atoms with Crippen LogP contribution in [0.15, 0.2) is 41.7 Å². The molecule has 0 saturated carbocycles. The van der Waals surface area contributed by atoms with Crippen molar-refractivity contribution in [3.05, 3.63) is 47.2 Å². The molecule has 0 atom stereocenters. The lowest BCUT2D eigenvalue weighted by Crippen LogP contribution is -2.40. The van der Waals surface area contributed by atoms with E-state index in [-0.39, 0.29) is 24.0 Å². The minimum Gasteiger partial charge on any atom is -0.354 e. The van der Waals surface area contributed by atoms with Crippen LogP contribution in [-0.4, -0.2) is 28.8 Å². The van der Waals surface area contributed by atoms with Gasteiger partial charge >= 0.3 is 0 Å². The molecular weight excluding hydrogens is 413 g/mol. The van der Waals surface area contributed by atoms with Crippen molar-refractivity contribution in [2.45, 2.75) is 26.4 Å². The quantitative estimate of drug-likeness (QED) is 0.442. The molecule has 2 aromatic rings. The second-order valence-electron chi connectivity index (χ2n) is 4.99. The van der Waals surface area contributed by atoms with E-state index in [2.05, 4.69) is 34.6 Å². The topological polar surface area (TPSA) is 54.2 Å². The number of hydrogen-bond donors (Lipinski definition) is 2. The van der Waals surface area contributed by atoms with Gasteiger partial charge in [0.25, 0.3) is 0 Å². The first-order valence-corrected chi connectivity index (χ1v) is 7.23. The Morgan fingerprint density at radius 2 is 2.00 bits per heavy atom. The number of benzene rings is 1. The third kappa shape index (κ3) is 5.49. The van der Waals surface area contributed by atoms with Crippen molar-refractivity contribution in [2.24, 2.45) is 4.99 Å². The monoisotopic (exact) mass is 433 g/mol. The van der Waals surface area contributed by atoms with Crippen LogP contribution in [0.1, 0.15) is 19.4 Å². The SMILES string of the molecule is CN=C(NCc1cnn(-c2ccc(Cl)cc2)c1)NC(C)C.I. The summed E-state index contributed by atoms with van der Waals surface area (Å²) in [5.74, 6) is 0.782. The minimum absolute atomic E-state index is 0. The number of nitrogens with zero attached hydrogens (tertiary/aromatic N) is 3. The van der Waals surface area contributed by atoms with Crippen LogP contribution in [0.5, 0.6) is 0 Å². The maximum absolute atomic E-state index is 5.89. The highest BCUT2D eigenvalue weighted by Crippen LogP contribution is 2.13. The zero-order valence-electron chi connectivity index (χ0n) is 12.9. The summed E-state index contributed by atoms with van der Waals surface area (Å²) in [7, 11) is 1.76. The van der Waals surface area contributed by atoms with Gasteiger partial charge in [-0.2, -0.15) is 5.10 Å². The summed E-state index contributed by atoms with van der Waals surface area (Å²) >= 11 is 5.89. The number of nitrogens with one attached hydrogen (secondary N) is 2. The number of halogens is 2. The standard InChI is InChI=1S/C15H20ClN5.HI/c1-11(2)20-15(17-3)18-8-12-9-19-21(10-12)14-6-4-13(16)5-7-14;/h4-7,9-11H,8H2,1-3H3,(H2,17,18,20);1H. The van der Waals surface area contributed by atoms with E-state index < -0.39 is 0 Å². The van der Waals surface area contributed by atoms with E-state index in [1.165, 1.54) is 0 Å². The number of guanidine groups is 1. The van der Waals surface area contributed by atoms with Gasteiger partial charge in [0, 0.05) is 36.4 Å². The molecule has 0 fully saturated rings. The molecule has 0 aliphatic rings. The van der Waals surface area contributed by atoms with E-state index in [4.69, 9.17) is 11.6 Å². The lowest BCUT2D eigenvalue weighted by Gasteiger charge is -2.13. The summed E-state index contributed by atoms with van der Waals surface area (Å²) in [5.41, 5.74) is 2.06. The second kappa shape index (κ2) is 8.99. The van der Waals surface area contributed by atoms with Crippen molar-refractivity contribution in [3.8, 4) is 5.69 Å². The fourth-order valence-electron chi connectivity index (χ4n) is 1.84. The van der Waals surface area contributed by atoms with Crippen molar-refractivity contribution in [2.75, 3.05) is 7.05 Å². The molecule has 2 rings (SSSR count). The van der Waals surface area contributed by atoms with Gasteiger partial charge in [-0.25, -0.2) is 4.68 Å². The van der Waals surface area contributed by atoms with Crippen molar-refractivity contribution >= 4 is 41.5 Å². The minimum atomic E-state index is 0. The van der Waals surface area contributed by atoms with Crippen molar-refractivity contribution in [1.29, 1.82) is 0 Å². The van der Waals surface area contributed by atoms with Gasteiger partial charge in [0.15, 0.2) is 5.96 Å². The lowest BCUT2D eigenvalue weighted by atomic mass is 10.3. The Morgan fingerprint density at radius 3 is 2.59 bits per heavy atom. The fourth-order valence-corrected chi connectivity index (χ4v) is 1.97. The third-order valence-electron chi connectivity index (χ3n) is 2.84. The van der Waals surface area contributed by atoms with Crippen LogP contribution in [0, 0.1) is 0 Å². The Kier molecular flexibility index (Phi) is 7.67. The molecule has 0 radical (unpaired) electrons. The van der Waals surface area contributed by atoms with Crippen LogP contribution in [0.2, 0.25) is 5.02 Å². The smallest absolute Gasteiger partial charge is 0.191 e. The van der Waals surface area contributed by atoms with Crippen molar-refractivity contribution in [3.63, 3.8) is 0 Å². The van der Waals surface area contributed by atoms with Crippen molar-refractivity contribution in [1.82, 2.24) is 20.4 Å². The molecular formula is C15H21ClIN5. The molecule has 0 saturated heterocycles. The highest BCUT2D eigenvalue weighted by Gasteiger charge is 2.03. The Labute approximate surface area is 153 Å². The van der Waals surface area contributed by atoms with Gasteiger partial charge in [-0.3, -0.25) is 4.99 Å². The van der Waals surface area contributed by atoms with E-state index >= 15 is 0 Å². The molecule has 0 amide bonds. The molecule has 0 aliphatic carbocycles. The van der Waals surface area contributed by atoms with Gasteiger partial charge in [-0.05, 0) is 38.1 Å². The lowest BCUT2D eigenvalue weighted by molar-refractivity contribution is 0.699. The van der Waals surface area contributed by atoms with Crippen LogP contribution in [0.4, 0.5) is 0 Å². The first-order valence-electron chi connectivity index (χ1n) is 6.85. The molecule has 0 spiro atoms. The van der Waals surface area contributed by atoms with E-state index in [0.29, 0.717) is 12.6 Å². The average Bonchev–Trinajstić information content (AvgIpc) is 2.92. The predicted molar refractivity (Wildman–Crippen MR) is 102 cm³/mol. The molecule has 1 aromatic heterocycles. The second-order valence-corrected chi connectivity index (χ2v) is 5.43. The summed E-state index contributed by atoms with van der Waals surface area (Å²) in [4.78, 5) is 4.17. The van der Waals surface area contributed by atoms with E-state index in [9.17, 15) is 0 Å². The molecule has 5 nitrogen and oxygen atoms in total. The van der Waals surface area contributed by atoms with E-state index in [1.807, 2.05) is 41.3 Å². The normalized spacial score (nSPS) is 11.2. The predicted octanol–water partition coefficient (Wildman–Crippen LogP) is 3.22. The van der Waals surface area contributed by atoms with Crippen LogP contribution in [-0.2, 0) is 6.54 Å². The van der Waals surface area contributed by atoms with Gasteiger partial charge in [-0.15, -0.1) is 24.0 Å². The molecule has 2 N–H and O–H groups in total. The van der Waals surface area contributed by atoms with Gasteiger partial charge in [0.2, 0.25) is 0 Å². The third-order valence-corrected chi connectivity index (χ3v) is 3.09. The Bertz CT molecular complexity index is 607. The van der Waals surface area contributed by atoms with Gasteiger partial charge in [0.1, 0.15) is 0 Å². The van der Waals surface area contributed by atoms with Gasteiger partial charge in [-0.1, -0.05) is 11.6 Å². The Hall–Kier alpha value is -1.28. The first kappa shape index (κ1) is 18.8. The average molecular weight is 434 g/mol. The number of hydrogen-bond acceptors (Lipinski definition) is 2. The summed E-state index contributed by atoms with van der Waals surface area (Å²) in [6, 6.07) is 7.92. The largest absolute Gasteiger partial charge is 0.354 e. The molecule has 0 bridgehead atoms. The zero-order valence-corrected chi connectivity index (χ0v) is 16.0. The summed E-state index contributed by atoms with van der Waals surface area (Å²) in [6.45, 7) is 4.82. The number of aromatic nitrogens is 2. The molecule has 120 valence electrons. The molecule has 0 unspecified atom stereocenters. The number of aliphatic imine (C=N–C) groups is 1. The molecule has 7 heteroatoms. The van der Waals surface area contributed by atoms with Gasteiger partial charge < -0.3 is 10.6 Å². The van der Waals surface area contributed by atoms with Gasteiger partial charge in [0.05, 0.1) is 11.9 Å². The maximum atomic E-state index is 5.89. The molecule has 22 heavy (non-hydrogen) atoms. The molecule has 1 aromatic carbocycles. The highest BCUT2D eigenvalue weighted by molar-refractivity contribution is 14.0. The van der Waals surface area contributed by atoms with Crippen LogP contribution < -0.4 is 10.6 Å². The zero-order chi connectivity index (χ0) is 15.2. The van der Waals surface area contributed by atoms with Crippen LogP contribution in [0.3, 0.4) is 0 Å². The highest BCUT2D eigenvalue weighted by atomic mass is 127.